The Labute approximate surface area is 186 Å². The van der Waals surface area contributed by atoms with Gasteiger partial charge in [-0.15, -0.1) is 0 Å². The molecule has 2 aromatic rings. The number of rotatable bonds is 6. The molecule has 29 heavy (non-hydrogen) atoms. The van der Waals surface area contributed by atoms with Crippen LogP contribution in [-0.4, -0.2) is 24.1 Å². The maximum atomic E-state index is 11.9. The van der Waals surface area contributed by atoms with Crippen LogP contribution in [0, 0.1) is 12.8 Å². The van der Waals surface area contributed by atoms with Crippen LogP contribution in [0.5, 0.6) is 0 Å². The zero-order valence-electron chi connectivity index (χ0n) is 16.6. The average molecular weight is 458 g/mol. The number of benzene rings is 2. The van der Waals surface area contributed by atoms with Crippen molar-refractivity contribution < 1.29 is 14.3 Å². The lowest BCUT2D eigenvalue weighted by molar-refractivity contribution is -0.136. The SMILES string of the molecule is CCOC(=O)/C(=N\Nc1ccc(Cl)cc1Cl)C(C)C(C)=O.Cc1ccc(Cl)cc1. The third-order valence-corrected chi connectivity index (χ3v) is 4.54. The summed E-state index contributed by atoms with van der Waals surface area (Å²) in [4.78, 5) is 23.3. The molecule has 2 aromatic carbocycles. The van der Waals surface area contributed by atoms with Gasteiger partial charge >= 0.3 is 5.97 Å². The molecule has 0 heterocycles. The minimum atomic E-state index is -0.678. The standard InChI is InChI=1S/C14H16Cl2N2O3.C7H7Cl/c1-4-21-14(20)13(8(2)9(3)19)18-17-12-6-5-10(15)7-11(12)16;1-6-2-4-7(8)5-3-6/h5-8,17H,4H2,1-3H3;2-5H,1H3/b18-13-;. The number of hydrogen-bond donors (Lipinski definition) is 1. The van der Waals surface area contributed by atoms with Crippen LogP contribution in [0.2, 0.25) is 15.1 Å². The van der Waals surface area contributed by atoms with Gasteiger partial charge in [0.2, 0.25) is 0 Å². The van der Waals surface area contributed by atoms with Gasteiger partial charge in [-0.1, -0.05) is 52.5 Å². The van der Waals surface area contributed by atoms with Crippen molar-refractivity contribution >= 4 is 58.0 Å². The normalized spacial score (nSPS) is 11.8. The van der Waals surface area contributed by atoms with Crippen molar-refractivity contribution in [3.8, 4) is 0 Å². The maximum absolute atomic E-state index is 11.9. The van der Waals surface area contributed by atoms with Gasteiger partial charge in [0.15, 0.2) is 5.71 Å². The van der Waals surface area contributed by atoms with Gasteiger partial charge in [-0.3, -0.25) is 10.2 Å². The highest BCUT2D eigenvalue weighted by Gasteiger charge is 2.24. The summed E-state index contributed by atoms with van der Waals surface area (Å²) in [6, 6.07) is 12.5. The highest BCUT2D eigenvalue weighted by molar-refractivity contribution is 6.41. The monoisotopic (exact) mass is 456 g/mol. The Morgan fingerprint density at radius 1 is 1.07 bits per heavy atom. The van der Waals surface area contributed by atoms with Crippen molar-refractivity contribution in [1.29, 1.82) is 0 Å². The summed E-state index contributed by atoms with van der Waals surface area (Å²) in [6.45, 7) is 6.88. The molecule has 8 heteroatoms. The highest BCUT2D eigenvalue weighted by atomic mass is 35.5. The number of nitrogens with one attached hydrogen (secondary N) is 1. The zero-order valence-corrected chi connectivity index (χ0v) is 18.9. The van der Waals surface area contributed by atoms with Gasteiger partial charge in [0.1, 0.15) is 5.78 Å². The summed E-state index contributed by atoms with van der Waals surface area (Å²) >= 11 is 17.4. The molecule has 156 valence electrons. The van der Waals surface area contributed by atoms with Crippen LogP contribution in [0.3, 0.4) is 0 Å². The van der Waals surface area contributed by atoms with Crippen molar-refractivity contribution in [2.75, 3.05) is 12.0 Å². The van der Waals surface area contributed by atoms with Crippen LogP contribution < -0.4 is 5.43 Å². The van der Waals surface area contributed by atoms with Crippen LogP contribution in [0.15, 0.2) is 47.6 Å². The molecule has 2 rings (SSSR count). The summed E-state index contributed by atoms with van der Waals surface area (Å²) in [5.74, 6) is -1.51. The third-order valence-electron chi connectivity index (χ3n) is 3.74. The number of nitrogens with zero attached hydrogens (tertiary/aromatic N) is 1. The smallest absolute Gasteiger partial charge is 0.355 e. The van der Waals surface area contributed by atoms with Crippen molar-refractivity contribution in [3.63, 3.8) is 0 Å². The number of hydrazone groups is 1. The molecule has 0 saturated carbocycles. The topological polar surface area (TPSA) is 67.8 Å². The number of ketones is 1. The van der Waals surface area contributed by atoms with E-state index in [1.807, 2.05) is 31.2 Å². The molecule has 0 fully saturated rings. The van der Waals surface area contributed by atoms with Crippen LogP contribution in [0.1, 0.15) is 26.3 Å². The van der Waals surface area contributed by atoms with Crippen LogP contribution in [0.25, 0.3) is 0 Å². The van der Waals surface area contributed by atoms with Gasteiger partial charge in [0, 0.05) is 10.0 Å². The molecule has 0 amide bonds. The Morgan fingerprint density at radius 2 is 1.66 bits per heavy atom. The van der Waals surface area contributed by atoms with E-state index in [2.05, 4.69) is 10.5 Å². The molecule has 1 N–H and O–H groups in total. The predicted octanol–water partition coefficient (Wildman–Crippen LogP) is 6.20. The molecule has 0 radical (unpaired) electrons. The van der Waals surface area contributed by atoms with Crippen LogP contribution in [0.4, 0.5) is 5.69 Å². The van der Waals surface area contributed by atoms with Gasteiger partial charge in [0.05, 0.1) is 23.2 Å². The first-order valence-electron chi connectivity index (χ1n) is 8.84. The van der Waals surface area contributed by atoms with Gasteiger partial charge in [-0.05, 0) is 58.0 Å². The van der Waals surface area contributed by atoms with E-state index in [0.29, 0.717) is 15.7 Å². The second-order valence-corrected chi connectivity index (χ2v) is 7.36. The molecule has 0 spiro atoms. The molecular formula is C21H23Cl3N2O3. The summed E-state index contributed by atoms with van der Waals surface area (Å²) in [5.41, 5.74) is 4.37. The molecule has 0 aliphatic rings. The third kappa shape index (κ3) is 8.86. The lowest BCUT2D eigenvalue weighted by Gasteiger charge is -2.12. The van der Waals surface area contributed by atoms with Crippen molar-refractivity contribution in [1.82, 2.24) is 0 Å². The summed E-state index contributed by atoms with van der Waals surface area (Å²) in [7, 11) is 0. The molecular weight excluding hydrogens is 435 g/mol. The van der Waals surface area contributed by atoms with E-state index in [1.54, 1.807) is 32.0 Å². The largest absolute Gasteiger partial charge is 0.461 e. The van der Waals surface area contributed by atoms with Crippen molar-refractivity contribution in [3.05, 3.63) is 63.1 Å². The first kappa shape index (κ1) is 25.0. The van der Waals surface area contributed by atoms with Crippen molar-refractivity contribution in [2.24, 2.45) is 11.0 Å². The molecule has 5 nitrogen and oxygen atoms in total. The number of aryl methyl sites for hydroxylation is 1. The van der Waals surface area contributed by atoms with E-state index < -0.39 is 11.9 Å². The van der Waals surface area contributed by atoms with Crippen molar-refractivity contribution in [2.45, 2.75) is 27.7 Å². The number of Topliss-reactive ketones (excluding diaryl/α,β-unsaturated/α-hetero) is 1. The van der Waals surface area contributed by atoms with E-state index in [9.17, 15) is 9.59 Å². The fourth-order valence-electron chi connectivity index (χ4n) is 1.95. The fourth-order valence-corrected chi connectivity index (χ4v) is 2.53. The number of halogens is 3. The lowest BCUT2D eigenvalue weighted by Crippen LogP contribution is -2.29. The van der Waals surface area contributed by atoms with E-state index in [0.717, 1.165) is 5.02 Å². The minimum absolute atomic E-state index is 0.00429. The number of carbonyl (C=O) groups excluding carboxylic acids is 2. The Bertz CT molecular complexity index is 847. The highest BCUT2D eigenvalue weighted by Crippen LogP contribution is 2.25. The Morgan fingerprint density at radius 3 is 2.14 bits per heavy atom. The van der Waals surface area contributed by atoms with E-state index in [4.69, 9.17) is 39.5 Å². The fraction of sp³-hybridized carbons (Fsp3) is 0.286. The molecule has 0 aliphatic heterocycles. The second-order valence-electron chi connectivity index (χ2n) is 6.08. The van der Waals surface area contributed by atoms with E-state index in [1.165, 1.54) is 12.5 Å². The molecule has 0 bridgehead atoms. The maximum Gasteiger partial charge on any atom is 0.355 e. The van der Waals surface area contributed by atoms with Crippen LogP contribution in [-0.2, 0) is 14.3 Å². The van der Waals surface area contributed by atoms with Crippen LogP contribution >= 0.6 is 34.8 Å². The van der Waals surface area contributed by atoms with Gasteiger partial charge in [-0.2, -0.15) is 5.10 Å². The predicted molar refractivity (Wildman–Crippen MR) is 120 cm³/mol. The average Bonchev–Trinajstić information content (AvgIpc) is 2.66. The Kier molecular flexibility index (Phi) is 10.7. The minimum Gasteiger partial charge on any atom is -0.461 e. The summed E-state index contributed by atoms with van der Waals surface area (Å²) in [5, 5.41) is 5.60. The number of ether oxygens (including phenoxy) is 1. The first-order valence-corrected chi connectivity index (χ1v) is 9.97. The van der Waals surface area contributed by atoms with Gasteiger partial charge in [0.25, 0.3) is 0 Å². The van der Waals surface area contributed by atoms with E-state index in [-0.39, 0.29) is 18.1 Å². The molecule has 1 unspecified atom stereocenters. The quantitative estimate of drug-likeness (QED) is 0.319. The summed E-state index contributed by atoms with van der Waals surface area (Å²) < 4.78 is 4.90. The molecule has 0 aliphatic carbocycles. The number of carbonyl (C=O) groups is 2. The second kappa shape index (κ2) is 12.5. The van der Waals surface area contributed by atoms with Gasteiger partial charge < -0.3 is 4.74 Å². The van der Waals surface area contributed by atoms with E-state index >= 15 is 0 Å². The lowest BCUT2D eigenvalue weighted by atomic mass is 10.0. The zero-order chi connectivity index (χ0) is 22.0. The number of anilines is 1. The molecule has 0 saturated heterocycles. The Balaban J connectivity index is 0.000000436. The molecule has 1 atom stereocenters. The summed E-state index contributed by atoms with van der Waals surface area (Å²) in [6.07, 6.45) is 0. The first-order chi connectivity index (χ1) is 13.6. The number of hydrogen-bond acceptors (Lipinski definition) is 5. The Hall–Kier alpha value is -2.08. The van der Waals surface area contributed by atoms with Gasteiger partial charge in [-0.25, -0.2) is 4.79 Å². The number of esters is 1. The molecule has 0 aromatic heterocycles.